The minimum atomic E-state index is -5.68. The summed E-state index contributed by atoms with van der Waals surface area (Å²) in [6.07, 6.45) is -5.10. The van der Waals surface area contributed by atoms with Crippen molar-refractivity contribution in [1.29, 1.82) is 0 Å². The molecule has 0 aliphatic heterocycles. The van der Waals surface area contributed by atoms with E-state index in [1.165, 1.54) is 0 Å². The predicted octanol–water partition coefficient (Wildman–Crippen LogP) is -0.702. The number of pyridine rings is 1. The van der Waals surface area contributed by atoms with Crippen LogP contribution in [0.3, 0.4) is 0 Å². The second-order valence-electron chi connectivity index (χ2n) is 2.68. The van der Waals surface area contributed by atoms with Crippen LogP contribution in [0, 0.1) is 5.95 Å². The van der Waals surface area contributed by atoms with Crippen LogP contribution < -0.4 is 56.8 Å². The summed E-state index contributed by atoms with van der Waals surface area (Å²) in [5, 5.41) is 0. The summed E-state index contributed by atoms with van der Waals surface area (Å²) in [6.45, 7) is -5.68. The molecule has 1 aromatic rings. The molecule has 0 aliphatic carbocycles. The molecule has 0 N–H and O–H groups in total. The molecule has 1 aromatic heterocycles. The average Bonchev–Trinajstić information content (AvgIpc) is 1.99. The van der Waals surface area contributed by atoms with Crippen molar-refractivity contribution in [3.63, 3.8) is 0 Å². The van der Waals surface area contributed by atoms with E-state index >= 15 is 0 Å². The van der Waals surface area contributed by atoms with Crippen molar-refractivity contribution in [3.8, 4) is 0 Å². The van der Waals surface area contributed by atoms with Gasteiger partial charge in [0, 0.05) is 0 Å². The fraction of sp³-hybridized carbons (Fsp3) is 0.167. The Kier molecular flexibility index (Phi) is 5.46. The molecule has 84 valence electrons. The first-order valence-electron chi connectivity index (χ1n) is 3.55. The number of rotatable bonds is 1. The Morgan fingerprint density at radius 2 is 1.56 bits per heavy atom. The van der Waals surface area contributed by atoms with Gasteiger partial charge in [-0.25, -0.2) is 4.98 Å². The Balaban J connectivity index is 0.00000225. The first-order valence-corrected chi connectivity index (χ1v) is 3.55. The van der Waals surface area contributed by atoms with Crippen LogP contribution in [0.5, 0.6) is 0 Å². The molecule has 0 amide bonds. The van der Waals surface area contributed by atoms with Crippen LogP contribution >= 0.6 is 0 Å². The minimum Gasteiger partial charge on any atom is -0.445 e. The maximum Gasteiger partial charge on any atom is 1.00 e. The fourth-order valence-electron chi connectivity index (χ4n) is 0.851. The van der Waals surface area contributed by atoms with Crippen molar-refractivity contribution in [3.05, 3.63) is 23.8 Å². The van der Waals surface area contributed by atoms with Crippen LogP contribution in [0.15, 0.2) is 12.1 Å². The molecule has 10 heteroatoms. The Morgan fingerprint density at radius 1 is 1.06 bits per heavy atom. The van der Waals surface area contributed by atoms with Gasteiger partial charge in [0.05, 0.1) is 0 Å². The van der Waals surface area contributed by atoms with Crippen LogP contribution in [0.25, 0.3) is 0 Å². The van der Waals surface area contributed by atoms with E-state index in [4.69, 9.17) is 0 Å². The summed E-state index contributed by atoms with van der Waals surface area (Å²) in [7, 11) is 0. The Morgan fingerprint density at radius 3 is 1.94 bits per heavy atom. The second kappa shape index (κ2) is 5.34. The average molecular weight is 271 g/mol. The molecule has 0 saturated carbocycles. The van der Waals surface area contributed by atoms with Gasteiger partial charge in [0.15, 0.2) is 0 Å². The number of halogens is 7. The van der Waals surface area contributed by atoms with Crippen LogP contribution in [-0.2, 0) is 6.18 Å². The number of hydrogen-bond acceptors (Lipinski definition) is 1. The molecular formula is C6H2BF7KN. The van der Waals surface area contributed by atoms with Gasteiger partial charge in [-0.1, -0.05) is 6.07 Å². The molecule has 0 atom stereocenters. The SMILES string of the molecule is Fc1cc([B-](F)(F)F)cc(C(F)(F)F)n1.[K+]. The summed E-state index contributed by atoms with van der Waals surface area (Å²) in [6, 6.07) is -0.293. The predicted molar refractivity (Wildman–Crippen MR) is 37.9 cm³/mol. The van der Waals surface area contributed by atoms with Crippen molar-refractivity contribution in [2.45, 2.75) is 6.18 Å². The van der Waals surface area contributed by atoms with E-state index in [1.807, 2.05) is 0 Å². The molecule has 1 heterocycles. The molecule has 0 spiro atoms. The largest absolute Gasteiger partial charge is 1.00 e. The van der Waals surface area contributed by atoms with E-state index in [-0.39, 0.29) is 63.5 Å². The molecule has 0 unspecified atom stereocenters. The Hall–Kier alpha value is 0.361. The molecule has 16 heavy (non-hydrogen) atoms. The summed E-state index contributed by atoms with van der Waals surface area (Å²) < 4.78 is 84.3. The van der Waals surface area contributed by atoms with Gasteiger partial charge in [-0.2, -0.15) is 17.6 Å². The maximum atomic E-state index is 12.4. The normalized spacial score (nSPS) is 12.2. The molecule has 0 saturated heterocycles. The molecule has 0 bridgehead atoms. The van der Waals surface area contributed by atoms with Crippen molar-refractivity contribution in [2.24, 2.45) is 0 Å². The minimum absolute atomic E-state index is 0. The first-order chi connectivity index (χ1) is 6.60. The molecule has 0 aliphatic rings. The summed E-state index contributed by atoms with van der Waals surface area (Å²) >= 11 is 0. The van der Waals surface area contributed by atoms with Gasteiger partial charge < -0.3 is 12.9 Å². The van der Waals surface area contributed by atoms with Crippen molar-refractivity contribution in [1.82, 2.24) is 4.98 Å². The van der Waals surface area contributed by atoms with Crippen molar-refractivity contribution >= 4 is 12.4 Å². The van der Waals surface area contributed by atoms with Crippen LogP contribution in [0.2, 0.25) is 0 Å². The van der Waals surface area contributed by atoms with Gasteiger partial charge >= 0.3 is 64.5 Å². The standard InChI is InChI=1S/C6H2BF7N.K/c8-5-2-3(7(12,13)14)1-4(15-5)6(9,10)11;/h1-2H;/q-1;+1. The van der Waals surface area contributed by atoms with Crippen molar-refractivity contribution < 1.29 is 81.9 Å². The zero-order valence-corrected chi connectivity index (χ0v) is 10.9. The Labute approximate surface area is 128 Å². The fourth-order valence-corrected chi connectivity index (χ4v) is 0.851. The Bertz CT molecular complexity index is 342. The molecular weight excluding hydrogens is 269 g/mol. The van der Waals surface area contributed by atoms with Gasteiger partial charge in [0.1, 0.15) is 5.69 Å². The third-order valence-corrected chi connectivity index (χ3v) is 1.48. The van der Waals surface area contributed by atoms with E-state index in [1.54, 1.807) is 0 Å². The number of alkyl halides is 3. The van der Waals surface area contributed by atoms with Crippen molar-refractivity contribution in [2.75, 3.05) is 0 Å². The van der Waals surface area contributed by atoms with Crippen LogP contribution in [0.1, 0.15) is 5.69 Å². The molecule has 1 nitrogen and oxygen atoms in total. The first kappa shape index (κ1) is 16.4. The van der Waals surface area contributed by atoms with Gasteiger partial charge in [-0.3, -0.25) is 0 Å². The van der Waals surface area contributed by atoms with Gasteiger partial charge in [0.2, 0.25) is 5.95 Å². The molecule has 0 fully saturated rings. The van der Waals surface area contributed by atoms with Gasteiger partial charge in [-0.15, -0.1) is 5.46 Å². The zero-order valence-electron chi connectivity index (χ0n) is 7.83. The quantitative estimate of drug-likeness (QED) is 0.374. The third-order valence-electron chi connectivity index (χ3n) is 1.48. The second-order valence-corrected chi connectivity index (χ2v) is 2.68. The van der Waals surface area contributed by atoms with E-state index < -0.39 is 30.3 Å². The molecule has 0 aromatic carbocycles. The smallest absolute Gasteiger partial charge is 0.445 e. The van der Waals surface area contributed by atoms with Gasteiger partial charge in [-0.05, 0) is 6.07 Å². The zero-order chi connectivity index (χ0) is 11.9. The summed E-state index contributed by atoms with van der Waals surface area (Å²) in [4.78, 5) is 2.34. The van der Waals surface area contributed by atoms with Crippen LogP contribution in [-0.4, -0.2) is 12.0 Å². The van der Waals surface area contributed by atoms with E-state index in [9.17, 15) is 30.5 Å². The summed E-state index contributed by atoms with van der Waals surface area (Å²) in [5.74, 6) is -1.81. The maximum absolute atomic E-state index is 12.4. The number of aromatic nitrogens is 1. The topological polar surface area (TPSA) is 12.9 Å². The van der Waals surface area contributed by atoms with Gasteiger partial charge in [0.25, 0.3) is 0 Å². The molecule has 1 rings (SSSR count). The van der Waals surface area contributed by atoms with Crippen LogP contribution in [0.4, 0.5) is 30.5 Å². The third kappa shape index (κ3) is 4.32. The summed E-state index contributed by atoms with van der Waals surface area (Å²) in [5.41, 5.74) is -3.55. The van der Waals surface area contributed by atoms with E-state index in [0.29, 0.717) is 0 Å². The van der Waals surface area contributed by atoms with E-state index in [2.05, 4.69) is 4.98 Å². The monoisotopic (exact) mass is 271 g/mol. The number of hydrogen-bond donors (Lipinski definition) is 0. The number of nitrogens with zero attached hydrogens (tertiary/aromatic N) is 1. The molecule has 0 radical (unpaired) electrons. The van der Waals surface area contributed by atoms with E-state index in [0.717, 1.165) is 0 Å².